The van der Waals surface area contributed by atoms with Gasteiger partial charge in [-0.2, -0.15) is 0 Å². The molecule has 0 aromatic carbocycles. The van der Waals surface area contributed by atoms with Crippen molar-refractivity contribution in [2.24, 2.45) is 11.8 Å². The highest BCUT2D eigenvalue weighted by Gasteiger charge is 2.35. The monoisotopic (exact) mass is 482 g/mol. The van der Waals surface area contributed by atoms with Gasteiger partial charge in [-0.3, -0.25) is 14.6 Å². The van der Waals surface area contributed by atoms with Gasteiger partial charge in [0.15, 0.2) is 0 Å². The van der Waals surface area contributed by atoms with E-state index in [0.29, 0.717) is 31.9 Å². The van der Waals surface area contributed by atoms with Crippen LogP contribution in [0.1, 0.15) is 37.0 Å². The maximum atomic E-state index is 13.6. The minimum absolute atomic E-state index is 0.0439. The van der Waals surface area contributed by atoms with Crippen LogP contribution in [0, 0.1) is 11.8 Å². The molecule has 1 saturated heterocycles. The molecule has 4 heterocycles. The lowest BCUT2D eigenvalue weighted by Gasteiger charge is -2.38. The molecule has 2 aromatic rings. The Kier molecular flexibility index (Phi) is 7.97. The Hall–Kier alpha value is -3.04. The van der Waals surface area contributed by atoms with Gasteiger partial charge < -0.3 is 24.4 Å². The fourth-order valence-corrected chi connectivity index (χ4v) is 4.63. The number of hydrogen-bond donors (Lipinski definition) is 1. The molecule has 9 nitrogen and oxygen atoms in total. The smallest absolute Gasteiger partial charge is 0.259 e. The second-order valence-corrected chi connectivity index (χ2v) is 9.55. The normalized spacial score (nSPS) is 21.9. The zero-order chi connectivity index (χ0) is 24.9. The zero-order valence-electron chi connectivity index (χ0n) is 20.6. The topological polar surface area (TPSA) is 105 Å². The summed E-state index contributed by atoms with van der Waals surface area (Å²) in [5, 5.41) is 9.85. The predicted octanol–water partition coefficient (Wildman–Crippen LogP) is 2.25. The van der Waals surface area contributed by atoms with Gasteiger partial charge in [0.25, 0.3) is 5.91 Å². The highest BCUT2D eigenvalue weighted by Crippen LogP contribution is 2.30. The Bertz CT molecular complexity index is 1030. The first-order valence-electron chi connectivity index (χ1n) is 12.2. The lowest BCUT2D eigenvalue weighted by Crippen LogP contribution is -2.51. The molecule has 0 saturated carbocycles. The summed E-state index contributed by atoms with van der Waals surface area (Å²) in [7, 11) is 1.80. The Morgan fingerprint density at radius 1 is 1.29 bits per heavy atom. The molecule has 35 heavy (non-hydrogen) atoms. The van der Waals surface area contributed by atoms with Gasteiger partial charge in [-0.05, 0) is 31.9 Å². The number of aliphatic hydroxyl groups is 1. The van der Waals surface area contributed by atoms with Gasteiger partial charge in [-0.15, -0.1) is 0 Å². The molecule has 0 bridgehead atoms. The van der Waals surface area contributed by atoms with Crippen LogP contribution in [-0.2, 0) is 9.53 Å². The minimum atomic E-state index is -0.375. The van der Waals surface area contributed by atoms with Crippen molar-refractivity contribution < 1.29 is 24.2 Å². The molecule has 0 unspecified atom stereocenters. The van der Waals surface area contributed by atoms with E-state index in [9.17, 15) is 14.7 Å². The van der Waals surface area contributed by atoms with E-state index < -0.39 is 0 Å². The number of pyridine rings is 2. The Balaban J connectivity index is 1.64. The quantitative estimate of drug-likeness (QED) is 0.673. The van der Waals surface area contributed by atoms with Gasteiger partial charge in [0, 0.05) is 68.4 Å². The largest absolute Gasteiger partial charge is 0.472 e. The Labute approximate surface area is 206 Å². The number of carbonyl (C=O) groups excluding carboxylic acids is 2. The predicted molar refractivity (Wildman–Crippen MR) is 130 cm³/mol. The van der Waals surface area contributed by atoms with E-state index in [0.717, 1.165) is 24.0 Å². The van der Waals surface area contributed by atoms with Crippen LogP contribution in [-0.4, -0.2) is 88.8 Å². The Morgan fingerprint density at radius 3 is 2.74 bits per heavy atom. The van der Waals surface area contributed by atoms with E-state index >= 15 is 0 Å². The lowest BCUT2D eigenvalue weighted by molar-refractivity contribution is -0.138. The van der Waals surface area contributed by atoms with Crippen molar-refractivity contribution in [3.63, 3.8) is 0 Å². The number of amides is 2. The maximum absolute atomic E-state index is 13.6. The summed E-state index contributed by atoms with van der Waals surface area (Å²) >= 11 is 0. The first kappa shape index (κ1) is 25.1. The van der Waals surface area contributed by atoms with E-state index in [4.69, 9.17) is 9.47 Å². The van der Waals surface area contributed by atoms with Crippen LogP contribution < -0.4 is 4.74 Å². The summed E-state index contributed by atoms with van der Waals surface area (Å²) in [6.45, 7) is 5.63. The van der Waals surface area contributed by atoms with Crippen molar-refractivity contribution in [3.8, 4) is 17.0 Å². The third-order valence-corrected chi connectivity index (χ3v) is 6.92. The summed E-state index contributed by atoms with van der Waals surface area (Å²) in [4.78, 5) is 38.7. The summed E-state index contributed by atoms with van der Waals surface area (Å²) in [5.74, 6) is -0.0516. The molecule has 188 valence electrons. The number of fused-ring (bicyclic) bond motifs is 1. The third kappa shape index (κ3) is 5.62. The molecule has 2 aliphatic heterocycles. The molecule has 1 N–H and O–H groups in total. The number of ether oxygens (including phenoxy) is 2. The van der Waals surface area contributed by atoms with E-state index in [1.165, 1.54) is 0 Å². The standard InChI is InChI=1S/C26H34N4O5/c1-17-14-30(18(2)16-31)26(33)22-11-21(20-5-4-8-27-12-20)13-28-24(22)35-23(17)15-29(3)25(32)19-6-9-34-10-7-19/h4-5,8,11-13,17-19,23,31H,6-7,9-10,14-16H2,1-3H3/t17-,18-,23-/m1/s1. The molecule has 0 radical (unpaired) electrons. The molecule has 2 aromatic heterocycles. The van der Waals surface area contributed by atoms with E-state index in [1.807, 2.05) is 26.0 Å². The highest BCUT2D eigenvalue weighted by atomic mass is 16.5. The fourth-order valence-electron chi connectivity index (χ4n) is 4.63. The van der Waals surface area contributed by atoms with Crippen molar-refractivity contribution in [1.82, 2.24) is 19.8 Å². The molecule has 2 aliphatic rings. The van der Waals surface area contributed by atoms with Crippen LogP contribution in [0.3, 0.4) is 0 Å². The van der Waals surface area contributed by atoms with Gasteiger partial charge in [0.1, 0.15) is 11.7 Å². The highest BCUT2D eigenvalue weighted by molar-refractivity contribution is 5.98. The molecule has 9 heteroatoms. The van der Waals surface area contributed by atoms with Crippen molar-refractivity contribution in [2.75, 3.05) is 40.0 Å². The van der Waals surface area contributed by atoms with Crippen molar-refractivity contribution in [2.45, 2.75) is 38.8 Å². The summed E-state index contributed by atoms with van der Waals surface area (Å²) < 4.78 is 11.7. The van der Waals surface area contributed by atoms with E-state index in [2.05, 4.69) is 9.97 Å². The van der Waals surface area contributed by atoms with Gasteiger partial charge in [-0.25, -0.2) is 4.98 Å². The summed E-state index contributed by atoms with van der Waals surface area (Å²) in [6.07, 6.45) is 6.15. The molecular formula is C26H34N4O5. The molecular weight excluding hydrogens is 448 g/mol. The van der Waals surface area contributed by atoms with Gasteiger partial charge >= 0.3 is 0 Å². The van der Waals surface area contributed by atoms with E-state index in [1.54, 1.807) is 41.5 Å². The van der Waals surface area contributed by atoms with Crippen molar-refractivity contribution >= 4 is 11.8 Å². The number of nitrogens with zero attached hydrogens (tertiary/aromatic N) is 4. The van der Waals surface area contributed by atoms with Crippen LogP contribution in [0.5, 0.6) is 5.88 Å². The molecule has 0 aliphatic carbocycles. The third-order valence-electron chi connectivity index (χ3n) is 6.92. The molecule has 2 amide bonds. The number of rotatable bonds is 6. The fraction of sp³-hybridized carbons (Fsp3) is 0.538. The summed E-state index contributed by atoms with van der Waals surface area (Å²) in [6, 6.07) is 5.12. The molecule has 0 spiro atoms. The van der Waals surface area contributed by atoms with Crippen LogP contribution in [0.15, 0.2) is 36.8 Å². The lowest BCUT2D eigenvalue weighted by atomic mass is 9.97. The number of aliphatic hydroxyl groups excluding tert-OH is 1. The average Bonchev–Trinajstić information content (AvgIpc) is 2.90. The molecule has 4 rings (SSSR count). The first-order valence-corrected chi connectivity index (χ1v) is 12.2. The second-order valence-electron chi connectivity index (χ2n) is 9.55. The van der Waals surface area contributed by atoms with Gasteiger partial charge in [-0.1, -0.05) is 13.0 Å². The number of hydrogen-bond acceptors (Lipinski definition) is 7. The van der Waals surface area contributed by atoms with Crippen LogP contribution in [0.25, 0.3) is 11.1 Å². The van der Waals surface area contributed by atoms with Crippen LogP contribution in [0.4, 0.5) is 0 Å². The zero-order valence-corrected chi connectivity index (χ0v) is 20.6. The SMILES string of the molecule is C[C@@H]1CN([C@H](C)CO)C(=O)c2cc(-c3cccnc3)cnc2O[C@@H]1CN(C)C(=O)C1CCOCC1. The van der Waals surface area contributed by atoms with Crippen molar-refractivity contribution in [3.05, 3.63) is 42.4 Å². The van der Waals surface area contributed by atoms with Gasteiger partial charge in [0.2, 0.25) is 11.8 Å². The van der Waals surface area contributed by atoms with Gasteiger partial charge in [0.05, 0.1) is 19.2 Å². The average molecular weight is 483 g/mol. The maximum Gasteiger partial charge on any atom is 0.259 e. The number of aromatic nitrogens is 2. The van der Waals surface area contributed by atoms with E-state index in [-0.39, 0.29) is 48.3 Å². The van der Waals surface area contributed by atoms with Crippen LogP contribution >= 0.6 is 0 Å². The second kappa shape index (κ2) is 11.1. The molecule has 1 fully saturated rings. The van der Waals surface area contributed by atoms with Crippen LogP contribution in [0.2, 0.25) is 0 Å². The van der Waals surface area contributed by atoms with Crippen molar-refractivity contribution in [1.29, 1.82) is 0 Å². The summed E-state index contributed by atoms with van der Waals surface area (Å²) in [5.41, 5.74) is 1.93. The molecule has 3 atom stereocenters. The number of carbonyl (C=O) groups is 2. The first-order chi connectivity index (χ1) is 16.9. The number of likely N-dealkylation sites (N-methyl/N-ethyl adjacent to an activating group) is 1. The Morgan fingerprint density at radius 2 is 2.06 bits per heavy atom. The minimum Gasteiger partial charge on any atom is -0.472 e.